The number of halogens is 2. The van der Waals surface area contributed by atoms with Crippen LogP contribution in [0.2, 0.25) is 0 Å². The molecule has 0 aliphatic carbocycles. The van der Waals surface area contributed by atoms with Gasteiger partial charge in [0.1, 0.15) is 5.82 Å². The molecule has 0 radical (unpaired) electrons. The molecule has 24 heavy (non-hydrogen) atoms. The Balaban J connectivity index is 1.99. The Morgan fingerprint density at radius 2 is 2.21 bits per heavy atom. The summed E-state index contributed by atoms with van der Waals surface area (Å²) in [5.74, 6) is -0.728. The van der Waals surface area contributed by atoms with E-state index in [2.05, 4.69) is 32.4 Å². The Morgan fingerprint density at radius 1 is 1.46 bits per heavy atom. The fourth-order valence-electron chi connectivity index (χ4n) is 2.51. The Bertz CT molecular complexity index is 795. The van der Waals surface area contributed by atoms with E-state index in [1.165, 1.54) is 12.1 Å². The van der Waals surface area contributed by atoms with Crippen LogP contribution < -0.4 is 5.32 Å². The van der Waals surface area contributed by atoms with Gasteiger partial charge in [0.05, 0.1) is 30.4 Å². The largest absolute Gasteiger partial charge is 0.324 e. The number of rotatable bonds is 6. The molecule has 2 aromatic rings. The molecule has 1 heterocycles. The van der Waals surface area contributed by atoms with Gasteiger partial charge in [0.2, 0.25) is 5.91 Å². The predicted octanol–water partition coefficient (Wildman–Crippen LogP) is 3.89. The number of nitrogens with zero attached hydrogens (tertiary/aromatic N) is 3. The zero-order chi connectivity index (χ0) is 17.7. The molecular weight excluding hydrogens is 375 g/mol. The zero-order valence-corrected chi connectivity index (χ0v) is 15.2. The molecule has 0 aliphatic rings. The molecule has 1 aromatic carbocycles. The average Bonchev–Trinajstić information content (AvgIpc) is 2.80. The smallest absolute Gasteiger partial charge is 0.224 e. The van der Waals surface area contributed by atoms with Crippen molar-refractivity contribution in [3.8, 4) is 6.07 Å². The van der Waals surface area contributed by atoms with Crippen LogP contribution in [-0.2, 0) is 17.8 Å². The van der Waals surface area contributed by atoms with Gasteiger partial charge in [-0.1, -0.05) is 15.9 Å². The summed E-state index contributed by atoms with van der Waals surface area (Å²) in [5, 5.41) is 15.7. The molecule has 1 amide bonds. The van der Waals surface area contributed by atoms with Crippen LogP contribution in [0.3, 0.4) is 0 Å². The van der Waals surface area contributed by atoms with Gasteiger partial charge in [0.25, 0.3) is 0 Å². The van der Waals surface area contributed by atoms with E-state index in [1.807, 2.05) is 13.8 Å². The molecule has 5 nitrogen and oxygen atoms in total. The molecule has 0 spiro atoms. The molecule has 1 aromatic heterocycles. The summed E-state index contributed by atoms with van der Waals surface area (Å²) in [6.07, 6.45) is 1.15. The number of aryl methyl sites for hydroxylation is 2. The molecule has 0 aliphatic heterocycles. The number of benzene rings is 1. The molecule has 126 valence electrons. The average molecular weight is 393 g/mol. The maximum absolute atomic E-state index is 13.7. The van der Waals surface area contributed by atoms with Crippen molar-refractivity contribution in [2.45, 2.75) is 39.7 Å². The number of carbonyl (C=O) groups excluding carboxylic acids is 1. The molecule has 1 N–H and O–H groups in total. The van der Waals surface area contributed by atoms with Crippen molar-refractivity contribution in [1.82, 2.24) is 9.78 Å². The minimum atomic E-state index is -0.477. The topological polar surface area (TPSA) is 70.7 Å². The maximum atomic E-state index is 13.7. The molecule has 0 unspecified atom stereocenters. The second-order valence-corrected chi connectivity index (χ2v) is 6.37. The van der Waals surface area contributed by atoms with E-state index < -0.39 is 5.82 Å². The van der Waals surface area contributed by atoms with E-state index >= 15 is 0 Å². The highest BCUT2D eigenvalue weighted by Crippen LogP contribution is 2.20. The Labute approximate surface area is 148 Å². The second kappa shape index (κ2) is 8.06. The minimum absolute atomic E-state index is 0.168. The van der Waals surface area contributed by atoms with Gasteiger partial charge in [-0.3, -0.25) is 9.48 Å². The van der Waals surface area contributed by atoms with E-state index in [4.69, 9.17) is 5.26 Å². The first kappa shape index (κ1) is 18.1. The van der Waals surface area contributed by atoms with Crippen LogP contribution in [0.4, 0.5) is 10.1 Å². The van der Waals surface area contributed by atoms with Gasteiger partial charge in [-0.05, 0) is 44.0 Å². The summed E-state index contributed by atoms with van der Waals surface area (Å²) in [6, 6.07) is 6.60. The SMILES string of the molecule is Cc1nn(CCC#N)c(C)c1CCC(=O)Nc1ccc(Br)cc1F. The summed E-state index contributed by atoms with van der Waals surface area (Å²) < 4.78 is 16.2. The van der Waals surface area contributed by atoms with Gasteiger partial charge in [-0.25, -0.2) is 4.39 Å². The lowest BCUT2D eigenvalue weighted by Crippen LogP contribution is -2.13. The lowest BCUT2D eigenvalue weighted by atomic mass is 10.1. The number of nitrogens with one attached hydrogen (secondary N) is 1. The third-order valence-corrected chi connectivity index (χ3v) is 4.27. The highest BCUT2D eigenvalue weighted by Gasteiger charge is 2.14. The lowest BCUT2D eigenvalue weighted by Gasteiger charge is -2.07. The van der Waals surface area contributed by atoms with Crippen LogP contribution in [0.15, 0.2) is 22.7 Å². The molecule has 7 heteroatoms. The van der Waals surface area contributed by atoms with Crippen molar-refractivity contribution in [1.29, 1.82) is 5.26 Å². The number of amides is 1. The number of aromatic nitrogens is 2. The van der Waals surface area contributed by atoms with E-state index in [9.17, 15) is 9.18 Å². The van der Waals surface area contributed by atoms with Crippen molar-refractivity contribution in [3.63, 3.8) is 0 Å². The monoisotopic (exact) mass is 392 g/mol. The molecule has 2 rings (SSSR count). The van der Waals surface area contributed by atoms with E-state index in [0.29, 0.717) is 23.9 Å². The fraction of sp³-hybridized carbons (Fsp3) is 0.353. The van der Waals surface area contributed by atoms with Crippen LogP contribution in [0.25, 0.3) is 0 Å². The van der Waals surface area contributed by atoms with Crippen molar-refractivity contribution in [3.05, 3.63) is 45.4 Å². The third kappa shape index (κ3) is 4.42. The standard InChI is InChI=1S/C17H18BrFN4O/c1-11-14(12(2)23(22-11)9-3-8-20)5-7-17(24)21-16-6-4-13(18)10-15(16)19/h4,6,10H,3,5,7,9H2,1-2H3,(H,21,24). The maximum Gasteiger partial charge on any atom is 0.224 e. The Hall–Kier alpha value is -2.20. The van der Waals surface area contributed by atoms with Gasteiger partial charge in [-0.15, -0.1) is 0 Å². The van der Waals surface area contributed by atoms with Gasteiger partial charge in [0, 0.05) is 16.6 Å². The van der Waals surface area contributed by atoms with Crippen molar-refractivity contribution in [2.75, 3.05) is 5.32 Å². The molecule has 0 atom stereocenters. The van der Waals surface area contributed by atoms with E-state index in [-0.39, 0.29) is 18.0 Å². The van der Waals surface area contributed by atoms with Crippen LogP contribution in [-0.4, -0.2) is 15.7 Å². The molecule has 0 fully saturated rings. The molecule has 0 saturated heterocycles. The van der Waals surface area contributed by atoms with E-state index in [0.717, 1.165) is 17.0 Å². The quantitative estimate of drug-likeness (QED) is 0.810. The first-order valence-electron chi connectivity index (χ1n) is 7.57. The Kier molecular flexibility index (Phi) is 6.10. The Morgan fingerprint density at radius 3 is 2.88 bits per heavy atom. The van der Waals surface area contributed by atoms with Crippen LogP contribution >= 0.6 is 15.9 Å². The summed E-state index contributed by atoms with van der Waals surface area (Å²) in [6.45, 7) is 4.36. The summed E-state index contributed by atoms with van der Waals surface area (Å²) in [4.78, 5) is 12.1. The van der Waals surface area contributed by atoms with Gasteiger partial charge < -0.3 is 5.32 Å². The van der Waals surface area contributed by atoms with Crippen LogP contribution in [0.1, 0.15) is 29.8 Å². The predicted molar refractivity (Wildman–Crippen MR) is 93.0 cm³/mol. The summed E-state index contributed by atoms with van der Waals surface area (Å²) in [5.41, 5.74) is 2.99. The zero-order valence-electron chi connectivity index (χ0n) is 13.6. The van der Waals surface area contributed by atoms with Crippen LogP contribution in [0, 0.1) is 31.0 Å². The summed E-state index contributed by atoms with van der Waals surface area (Å²) in [7, 11) is 0. The number of hydrogen-bond acceptors (Lipinski definition) is 3. The third-order valence-electron chi connectivity index (χ3n) is 3.77. The number of anilines is 1. The highest BCUT2D eigenvalue weighted by atomic mass is 79.9. The molecule has 0 saturated carbocycles. The number of hydrogen-bond donors (Lipinski definition) is 1. The number of carbonyl (C=O) groups is 1. The summed E-state index contributed by atoms with van der Waals surface area (Å²) >= 11 is 3.18. The molecular formula is C17H18BrFN4O. The lowest BCUT2D eigenvalue weighted by molar-refractivity contribution is -0.116. The van der Waals surface area contributed by atoms with Gasteiger partial charge in [-0.2, -0.15) is 10.4 Å². The highest BCUT2D eigenvalue weighted by molar-refractivity contribution is 9.10. The minimum Gasteiger partial charge on any atom is -0.324 e. The number of nitriles is 1. The van der Waals surface area contributed by atoms with E-state index in [1.54, 1.807) is 10.7 Å². The first-order valence-corrected chi connectivity index (χ1v) is 8.36. The van der Waals surface area contributed by atoms with Crippen molar-refractivity contribution < 1.29 is 9.18 Å². The fourth-order valence-corrected chi connectivity index (χ4v) is 2.84. The second-order valence-electron chi connectivity index (χ2n) is 5.45. The normalized spacial score (nSPS) is 10.5. The van der Waals surface area contributed by atoms with Gasteiger partial charge >= 0.3 is 0 Å². The first-order chi connectivity index (χ1) is 11.4. The van der Waals surface area contributed by atoms with Crippen molar-refractivity contribution >= 4 is 27.5 Å². The molecule has 0 bridgehead atoms. The van der Waals surface area contributed by atoms with Gasteiger partial charge in [0.15, 0.2) is 0 Å². The van der Waals surface area contributed by atoms with Crippen molar-refractivity contribution in [2.24, 2.45) is 0 Å². The van der Waals surface area contributed by atoms with Crippen LogP contribution in [0.5, 0.6) is 0 Å².